The molecule has 0 spiro atoms. The topological polar surface area (TPSA) is 38.8 Å². The molecule has 1 amide bonds. The lowest BCUT2D eigenvalue weighted by molar-refractivity contribution is -0.126. The van der Waals surface area contributed by atoms with Crippen LogP contribution in [0.2, 0.25) is 0 Å². The summed E-state index contributed by atoms with van der Waals surface area (Å²) >= 11 is 0. The summed E-state index contributed by atoms with van der Waals surface area (Å²) < 4.78 is 11.8. The molecule has 1 aliphatic carbocycles. The third-order valence-corrected chi connectivity index (χ3v) is 6.28. The van der Waals surface area contributed by atoms with E-state index in [9.17, 15) is 4.79 Å². The molecule has 1 saturated heterocycles. The van der Waals surface area contributed by atoms with E-state index in [1.165, 1.54) is 18.4 Å². The SMILES string of the molecule is COc1ccc(C2CCN(C(=O)/C=C/c3ccccc3)CC2)cc1OC1CCCC1. The van der Waals surface area contributed by atoms with Crippen LogP contribution in [-0.2, 0) is 4.79 Å². The highest BCUT2D eigenvalue weighted by molar-refractivity contribution is 5.91. The minimum absolute atomic E-state index is 0.0947. The van der Waals surface area contributed by atoms with Gasteiger partial charge in [0.25, 0.3) is 0 Å². The number of nitrogens with zero attached hydrogens (tertiary/aromatic N) is 1. The first-order valence-electron chi connectivity index (χ1n) is 11.1. The van der Waals surface area contributed by atoms with Gasteiger partial charge in [0.1, 0.15) is 0 Å². The summed E-state index contributed by atoms with van der Waals surface area (Å²) in [6, 6.07) is 16.3. The van der Waals surface area contributed by atoms with Crippen LogP contribution in [0.1, 0.15) is 55.6 Å². The lowest BCUT2D eigenvalue weighted by Crippen LogP contribution is -2.36. The summed E-state index contributed by atoms with van der Waals surface area (Å²) in [7, 11) is 1.70. The minimum Gasteiger partial charge on any atom is -0.493 e. The molecule has 158 valence electrons. The zero-order valence-corrected chi connectivity index (χ0v) is 17.8. The standard InChI is InChI=1S/C26H31NO3/c1-29-24-13-12-22(19-25(24)30-23-9-5-6-10-23)21-15-17-27(18-16-21)26(28)14-11-20-7-3-2-4-8-20/h2-4,7-8,11-14,19,21,23H,5-6,9-10,15-18H2,1H3/b14-11+. The summed E-state index contributed by atoms with van der Waals surface area (Å²) in [5, 5.41) is 0. The van der Waals surface area contributed by atoms with E-state index in [-0.39, 0.29) is 5.91 Å². The Morgan fingerprint density at radius 3 is 2.40 bits per heavy atom. The van der Waals surface area contributed by atoms with Gasteiger partial charge in [0.2, 0.25) is 5.91 Å². The molecular formula is C26H31NO3. The highest BCUT2D eigenvalue weighted by atomic mass is 16.5. The van der Waals surface area contributed by atoms with E-state index in [1.54, 1.807) is 13.2 Å². The number of hydrogen-bond donors (Lipinski definition) is 0. The second-order valence-corrected chi connectivity index (χ2v) is 8.28. The first kappa shape index (κ1) is 20.5. The van der Waals surface area contributed by atoms with Crippen molar-refractivity contribution in [1.82, 2.24) is 4.90 Å². The van der Waals surface area contributed by atoms with E-state index in [4.69, 9.17) is 9.47 Å². The fourth-order valence-electron chi connectivity index (χ4n) is 4.50. The van der Waals surface area contributed by atoms with E-state index in [1.807, 2.05) is 47.4 Å². The molecule has 2 aliphatic rings. The second kappa shape index (κ2) is 9.84. The number of hydrogen-bond acceptors (Lipinski definition) is 3. The lowest BCUT2D eigenvalue weighted by atomic mass is 9.89. The number of carbonyl (C=O) groups is 1. The van der Waals surface area contributed by atoms with E-state index in [0.717, 1.165) is 55.8 Å². The first-order chi connectivity index (χ1) is 14.7. The summed E-state index contributed by atoms with van der Waals surface area (Å²) in [6.45, 7) is 1.57. The van der Waals surface area contributed by atoms with Crippen molar-refractivity contribution in [1.29, 1.82) is 0 Å². The molecule has 1 saturated carbocycles. The smallest absolute Gasteiger partial charge is 0.246 e. The zero-order valence-electron chi connectivity index (χ0n) is 17.8. The van der Waals surface area contributed by atoms with Gasteiger partial charge in [0, 0.05) is 19.2 Å². The monoisotopic (exact) mass is 405 g/mol. The van der Waals surface area contributed by atoms with Crippen LogP contribution in [0.25, 0.3) is 6.08 Å². The maximum atomic E-state index is 12.5. The summed E-state index contributed by atoms with van der Waals surface area (Å²) in [5.41, 5.74) is 2.34. The Morgan fingerprint density at radius 2 is 1.70 bits per heavy atom. The molecule has 4 heteroatoms. The molecule has 1 heterocycles. The van der Waals surface area contributed by atoms with E-state index in [0.29, 0.717) is 12.0 Å². The molecular weight excluding hydrogens is 374 g/mol. The highest BCUT2D eigenvalue weighted by Gasteiger charge is 2.24. The van der Waals surface area contributed by atoms with Gasteiger partial charge in [0.15, 0.2) is 11.5 Å². The van der Waals surface area contributed by atoms with Crippen molar-refractivity contribution in [3.05, 3.63) is 65.7 Å². The molecule has 2 aromatic rings. The summed E-state index contributed by atoms with van der Waals surface area (Å²) in [5.74, 6) is 2.22. The normalized spacial score (nSPS) is 18.1. The fraction of sp³-hybridized carbons (Fsp3) is 0.423. The van der Waals surface area contributed by atoms with Gasteiger partial charge in [-0.05, 0) is 73.8 Å². The van der Waals surface area contributed by atoms with Crippen molar-refractivity contribution in [2.45, 2.75) is 50.5 Å². The van der Waals surface area contributed by atoms with Gasteiger partial charge in [-0.3, -0.25) is 4.79 Å². The highest BCUT2D eigenvalue weighted by Crippen LogP contribution is 2.37. The van der Waals surface area contributed by atoms with Crippen LogP contribution in [0.15, 0.2) is 54.6 Å². The van der Waals surface area contributed by atoms with Crippen LogP contribution in [0.3, 0.4) is 0 Å². The molecule has 0 unspecified atom stereocenters. The molecule has 4 nitrogen and oxygen atoms in total. The van der Waals surface area contributed by atoms with Crippen molar-refractivity contribution in [2.24, 2.45) is 0 Å². The maximum absolute atomic E-state index is 12.5. The number of methoxy groups -OCH3 is 1. The molecule has 0 aromatic heterocycles. The third-order valence-electron chi connectivity index (χ3n) is 6.28. The Hall–Kier alpha value is -2.75. The average molecular weight is 406 g/mol. The molecule has 0 radical (unpaired) electrons. The average Bonchev–Trinajstić information content (AvgIpc) is 3.31. The van der Waals surface area contributed by atoms with Gasteiger partial charge in [-0.15, -0.1) is 0 Å². The van der Waals surface area contributed by atoms with Gasteiger partial charge >= 0.3 is 0 Å². The lowest BCUT2D eigenvalue weighted by Gasteiger charge is -2.32. The van der Waals surface area contributed by atoms with Crippen molar-refractivity contribution in [3.63, 3.8) is 0 Å². The first-order valence-corrected chi connectivity index (χ1v) is 11.1. The van der Waals surface area contributed by atoms with Gasteiger partial charge in [-0.1, -0.05) is 36.4 Å². The van der Waals surface area contributed by atoms with E-state index < -0.39 is 0 Å². The Balaban J connectivity index is 1.36. The Bertz CT molecular complexity index is 863. The third kappa shape index (κ3) is 5.05. The molecule has 0 N–H and O–H groups in total. The number of rotatable bonds is 6. The van der Waals surface area contributed by atoms with Crippen molar-refractivity contribution < 1.29 is 14.3 Å². The summed E-state index contributed by atoms with van der Waals surface area (Å²) in [4.78, 5) is 14.5. The molecule has 2 aromatic carbocycles. The van der Waals surface area contributed by atoms with E-state index >= 15 is 0 Å². The number of amides is 1. The molecule has 30 heavy (non-hydrogen) atoms. The molecule has 0 bridgehead atoms. The number of carbonyl (C=O) groups excluding carboxylic acids is 1. The Labute approximate surface area is 179 Å². The number of piperidine rings is 1. The number of likely N-dealkylation sites (tertiary alicyclic amines) is 1. The Morgan fingerprint density at radius 1 is 0.967 bits per heavy atom. The minimum atomic E-state index is 0.0947. The number of ether oxygens (including phenoxy) is 2. The quantitative estimate of drug-likeness (QED) is 0.601. The van der Waals surface area contributed by atoms with Gasteiger partial charge in [-0.2, -0.15) is 0 Å². The van der Waals surface area contributed by atoms with E-state index in [2.05, 4.69) is 12.1 Å². The van der Waals surface area contributed by atoms with Gasteiger partial charge < -0.3 is 14.4 Å². The van der Waals surface area contributed by atoms with Gasteiger partial charge in [0.05, 0.1) is 13.2 Å². The number of benzene rings is 2. The molecule has 2 fully saturated rings. The van der Waals surface area contributed by atoms with Crippen molar-refractivity contribution in [2.75, 3.05) is 20.2 Å². The van der Waals surface area contributed by atoms with Crippen LogP contribution < -0.4 is 9.47 Å². The van der Waals surface area contributed by atoms with Crippen molar-refractivity contribution in [3.8, 4) is 11.5 Å². The van der Waals surface area contributed by atoms with Crippen LogP contribution >= 0.6 is 0 Å². The zero-order chi connectivity index (χ0) is 20.8. The second-order valence-electron chi connectivity index (χ2n) is 8.28. The molecule has 1 aliphatic heterocycles. The van der Waals surface area contributed by atoms with Crippen LogP contribution in [0.5, 0.6) is 11.5 Å². The van der Waals surface area contributed by atoms with Crippen LogP contribution in [0.4, 0.5) is 0 Å². The molecule has 4 rings (SSSR count). The van der Waals surface area contributed by atoms with Crippen molar-refractivity contribution >= 4 is 12.0 Å². The predicted molar refractivity (Wildman–Crippen MR) is 120 cm³/mol. The van der Waals surface area contributed by atoms with Crippen LogP contribution in [0, 0.1) is 0 Å². The Kier molecular flexibility index (Phi) is 6.73. The summed E-state index contributed by atoms with van der Waals surface area (Å²) in [6.07, 6.45) is 10.6. The molecule has 0 atom stereocenters. The maximum Gasteiger partial charge on any atom is 0.246 e. The largest absolute Gasteiger partial charge is 0.493 e. The predicted octanol–water partition coefficient (Wildman–Crippen LogP) is 5.44. The van der Waals surface area contributed by atoms with Gasteiger partial charge in [-0.25, -0.2) is 0 Å². The fourth-order valence-corrected chi connectivity index (χ4v) is 4.50. The van der Waals surface area contributed by atoms with Crippen LogP contribution in [-0.4, -0.2) is 37.1 Å².